The Labute approximate surface area is 119 Å². The highest BCUT2D eigenvalue weighted by atomic mass is 16.5. The molecule has 0 amide bonds. The molecule has 0 spiro atoms. The number of nitrogens with zero attached hydrogens (tertiary/aromatic N) is 3. The Hall–Kier alpha value is -1.82. The molecule has 2 aromatic heterocycles. The van der Waals surface area contributed by atoms with Gasteiger partial charge < -0.3 is 14.5 Å². The van der Waals surface area contributed by atoms with Crippen LogP contribution in [-0.4, -0.2) is 20.3 Å². The largest absolute Gasteiger partial charge is 0.461 e. The summed E-state index contributed by atoms with van der Waals surface area (Å²) < 4.78 is 12.9. The van der Waals surface area contributed by atoms with Gasteiger partial charge in [0, 0.05) is 12.6 Å². The number of hydrogen-bond donors (Lipinski definition) is 1. The Morgan fingerprint density at radius 2 is 2.15 bits per heavy atom. The van der Waals surface area contributed by atoms with Crippen molar-refractivity contribution in [3.05, 3.63) is 29.5 Å². The lowest BCUT2D eigenvalue weighted by Crippen LogP contribution is -2.35. The maximum absolute atomic E-state index is 5.79. The number of furan rings is 1. The summed E-state index contributed by atoms with van der Waals surface area (Å²) in [6, 6.07) is 2.35. The molecule has 0 aliphatic rings. The number of nitrogens with one attached hydrogen (secondary N) is 1. The summed E-state index contributed by atoms with van der Waals surface area (Å²) in [6.07, 6.45) is 1.60. The smallest absolute Gasteiger partial charge is 0.335 e. The molecule has 0 aromatic carbocycles. The monoisotopic (exact) mass is 278 g/mol. The SMILES string of the molecule is Cc1cc(COc2ncn(C)n2)oc1CNC(C)(C)C. The maximum Gasteiger partial charge on any atom is 0.335 e. The molecule has 1 N–H and O–H groups in total. The molecular formula is C14H22N4O2. The molecule has 0 bridgehead atoms. The van der Waals surface area contributed by atoms with E-state index in [0.29, 0.717) is 19.2 Å². The highest BCUT2D eigenvalue weighted by Crippen LogP contribution is 2.17. The molecular weight excluding hydrogens is 256 g/mol. The molecule has 2 aromatic rings. The summed E-state index contributed by atoms with van der Waals surface area (Å²) in [6.45, 7) is 9.45. The molecule has 6 heteroatoms. The van der Waals surface area contributed by atoms with Crippen molar-refractivity contribution in [1.29, 1.82) is 0 Å². The second-order valence-electron chi connectivity index (χ2n) is 5.91. The number of ether oxygens (including phenoxy) is 1. The van der Waals surface area contributed by atoms with Gasteiger partial charge in [-0.15, -0.1) is 5.10 Å². The van der Waals surface area contributed by atoms with Crippen LogP contribution in [0.25, 0.3) is 0 Å². The van der Waals surface area contributed by atoms with Crippen LogP contribution in [0.1, 0.15) is 37.9 Å². The molecule has 20 heavy (non-hydrogen) atoms. The van der Waals surface area contributed by atoms with E-state index >= 15 is 0 Å². The van der Waals surface area contributed by atoms with E-state index in [0.717, 1.165) is 17.1 Å². The molecule has 0 saturated heterocycles. The molecule has 6 nitrogen and oxygen atoms in total. The van der Waals surface area contributed by atoms with Gasteiger partial charge in [-0.05, 0) is 39.3 Å². The van der Waals surface area contributed by atoms with E-state index in [9.17, 15) is 0 Å². The molecule has 0 aliphatic heterocycles. The van der Waals surface area contributed by atoms with Gasteiger partial charge in [-0.25, -0.2) is 0 Å². The summed E-state index contributed by atoms with van der Waals surface area (Å²) in [4.78, 5) is 4.00. The fourth-order valence-corrected chi connectivity index (χ4v) is 1.70. The number of hydrogen-bond acceptors (Lipinski definition) is 5. The van der Waals surface area contributed by atoms with Crippen LogP contribution in [0, 0.1) is 6.92 Å². The van der Waals surface area contributed by atoms with E-state index < -0.39 is 0 Å². The van der Waals surface area contributed by atoms with E-state index in [-0.39, 0.29) is 5.54 Å². The van der Waals surface area contributed by atoms with Crippen molar-refractivity contribution in [2.24, 2.45) is 7.05 Å². The van der Waals surface area contributed by atoms with E-state index in [1.54, 1.807) is 18.1 Å². The van der Waals surface area contributed by atoms with Gasteiger partial charge >= 0.3 is 6.01 Å². The van der Waals surface area contributed by atoms with E-state index in [1.165, 1.54) is 0 Å². The average Bonchev–Trinajstić information content (AvgIpc) is 2.90. The Kier molecular flexibility index (Phi) is 4.13. The predicted molar refractivity (Wildman–Crippen MR) is 75.4 cm³/mol. The van der Waals surface area contributed by atoms with Gasteiger partial charge in [-0.3, -0.25) is 4.68 Å². The van der Waals surface area contributed by atoms with Gasteiger partial charge in [-0.2, -0.15) is 4.98 Å². The first-order valence-corrected chi connectivity index (χ1v) is 6.65. The third-order valence-corrected chi connectivity index (χ3v) is 2.77. The van der Waals surface area contributed by atoms with E-state index in [1.807, 2.05) is 13.0 Å². The van der Waals surface area contributed by atoms with Crippen molar-refractivity contribution in [2.75, 3.05) is 0 Å². The van der Waals surface area contributed by atoms with Gasteiger partial charge in [0.2, 0.25) is 0 Å². The van der Waals surface area contributed by atoms with Crippen molar-refractivity contribution in [3.8, 4) is 6.01 Å². The zero-order valence-electron chi connectivity index (χ0n) is 12.7. The van der Waals surface area contributed by atoms with Gasteiger partial charge in [0.15, 0.2) is 0 Å². The second-order valence-corrected chi connectivity index (χ2v) is 5.91. The highest BCUT2D eigenvalue weighted by molar-refractivity contribution is 5.20. The fraction of sp³-hybridized carbons (Fsp3) is 0.571. The second kappa shape index (κ2) is 5.66. The van der Waals surface area contributed by atoms with Crippen LogP contribution < -0.4 is 10.1 Å². The van der Waals surface area contributed by atoms with Crippen molar-refractivity contribution in [3.63, 3.8) is 0 Å². The number of rotatable bonds is 5. The van der Waals surface area contributed by atoms with Crippen LogP contribution in [0.3, 0.4) is 0 Å². The summed E-state index contributed by atoms with van der Waals surface area (Å²) in [5.74, 6) is 1.72. The van der Waals surface area contributed by atoms with Crippen LogP contribution in [-0.2, 0) is 20.2 Å². The van der Waals surface area contributed by atoms with Gasteiger partial charge in [-0.1, -0.05) is 0 Å². The van der Waals surface area contributed by atoms with Crippen molar-refractivity contribution >= 4 is 0 Å². The molecule has 2 rings (SSSR count). The summed E-state index contributed by atoms with van der Waals surface area (Å²) in [5, 5.41) is 7.46. The third kappa shape index (κ3) is 4.09. The quantitative estimate of drug-likeness (QED) is 0.908. The lowest BCUT2D eigenvalue weighted by atomic mass is 10.1. The lowest BCUT2D eigenvalue weighted by Gasteiger charge is -2.19. The lowest BCUT2D eigenvalue weighted by molar-refractivity contribution is 0.244. The minimum absolute atomic E-state index is 0.0633. The van der Waals surface area contributed by atoms with Crippen molar-refractivity contribution < 1.29 is 9.15 Å². The Morgan fingerprint density at radius 1 is 1.40 bits per heavy atom. The van der Waals surface area contributed by atoms with E-state index in [2.05, 4.69) is 36.2 Å². The molecule has 110 valence electrons. The molecule has 0 saturated carbocycles. The average molecular weight is 278 g/mol. The molecule has 0 radical (unpaired) electrons. The Balaban J connectivity index is 1.93. The first-order chi connectivity index (χ1) is 9.33. The molecule has 0 atom stereocenters. The zero-order chi connectivity index (χ0) is 14.8. The van der Waals surface area contributed by atoms with Gasteiger partial charge in [0.05, 0.1) is 6.54 Å². The van der Waals surface area contributed by atoms with Gasteiger partial charge in [0.1, 0.15) is 24.5 Å². The summed E-state index contributed by atoms with van der Waals surface area (Å²) >= 11 is 0. The number of aryl methyl sites for hydroxylation is 2. The minimum atomic E-state index is 0.0633. The van der Waals surface area contributed by atoms with Crippen LogP contribution in [0.2, 0.25) is 0 Å². The molecule has 2 heterocycles. The summed E-state index contributed by atoms with van der Waals surface area (Å²) in [5.41, 5.74) is 1.18. The van der Waals surface area contributed by atoms with Crippen LogP contribution in [0.15, 0.2) is 16.8 Å². The maximum atomic E-state index is 5.79. The highest BCUT2D eigenvalue weighted by Gasteiger charge is 2.13. The standard InChI is InChI=1S/C14H22N4O2/c1-10-6-11(8-19-13-15-9-18(5)17-13)20-12(10)7-16-14(2,3)4/h6,9,16H,7-8H2,1-5H3. The predicted octanol–water partition coefficient (Wildman–Crippen LogP) is 2.18. The van der Waals surface area contributed by atoms with Gasteiger partial charge in [0.25, 0.3) is 0 Å². The molecule has 0 unspecified atom stereocenters. The van der Waals surface area contributed by atoms with E-state index in [4.69, 9.17) is 9.15 Å². The first kappa shape index (κ1) is 14.6. The normalized spacial score (nSPS) is 11.8. The first-order valence-electron chi connectivity index (χ1n) is 6.65. The third-order valence-electron chi connectivity index (χ3n) is 2.77. The van der Waals surface area contributed by atoms with Crippen LogP contribution >= 0.6 is 0 Å². The van der Waals surface area contributed by atoms with Crippen molar-refractivity contribution in [1.82, 2.24) is 20.1 Å². The Bertz CT molecular complexity index is 566. The molecule has 0 fully saturated rings. The molecule has 0 aliphatic carbocycles. The summed E-state index contributed by atoms with van der Waals surface area (Å²) in [7, 11) is 1.80. The zero-order valence-corrected chi connectivity index (χ0v) is 12.7. The minimum Gasteiger partial charge on any atom is -0.461 e. The Morgan fingerprint density at radius 3 is 2.75 bits per heavy atom. The van der Waals surface area contributed by atoms with Crippen LogP contribution in [0.5, 0.6) is 6.01 Å². The topological polar surface area (TPSA) is 65.1 Å². The van der Waals surface area contributed by atoms with Crippen molar-refractivity contribution in [2.45, 2.75) is 46.4 Å². The number of aromatic nitrogens is 3. The fourth-order valence-electron chi connectivity index (χ4n) is 1.70. The van der Waals surface area contributed by atoms with Crippen LogP contribution in [0.4, 0.5) is 0 Å².